The first kappa shape index (κ1) is 38.7. The fourth-order valence-corrected chi connectivity index (χ4v) is 14.3. The van der Waals surface area contributed by atoms with Crippen molar-refractivity contribution in [3.8, 4) is 77.9 Å². The second kappa shape index (κ2) is 14.3. The molecule has 0 aromatic heterocycles. The van der Waals surface area contributed by atoms with Crippen LogP contribution >= 0.6 is 0 Å². The van der Waals surface area contributed by atoms with E-state index < -0.39 is 0 Å². The molecule has 0 fully saturated rings. The number of benzene rings is 13. The van der Waals surface area contributed by atoms with Crippen LogP contribution in [0.15, 0.2) is 243 Å². The average molecular weight is 907 g/mol. The van der Waals surface area contributed by atoms with Crippen molar-refractivity contribution in [3.63, 3.8) is 0 Å². The molecule has 72 heavy (non-hydrogen) atoms. The molecule has 17 rings (SSSR count). The molecule has 330 valence electrons. The maximum absolute atomic E-state index is 2.49. The largest absolute Gasteiger partial charge is 0.0767 e. The van der Waals surface area contributed by atoms with Crippen LogP contribution in [0.25, 0.3) is 159 Å². The fraction of sp³-hybridized carbons (Fsp3) is 0.0278. The Morgan fingerprint density at radius 1 is 0.236 bits per heavy atom. The summed E-state index contributed by atoms with van der Waals surface area (Å²) in [5.41, 5.74) is 21.2. The summed E-state index contributed by atoms with van der Waals surface area (Å²) in [7, 11) is 0. The highest BCUT2D eigenvalue weighted by molar-refractivity contribution is 6.42. The summed E-state index contributed by atoms with van der Waals surface area (Å²) in [6.45, 7) is 0. The van der Waals surface area contributed by atoms with E-state index in [1.54, 1.807) is 0 Å². The van der Waals surface area contributed by atoms with E-state index in [1.165, 1.54) is 164 Å². The first-order valence-electron chi connectivity index (χ1n) is 25.5. The van der Waals surface area contributed by atoms with Crippen LogP contribution in [0.5, 0.6) is 0 Å². The predicted octanol–water partition coefficient (Wildman–Crippen LogP) is 19.8. The number of rotatable bonds is 4. The second-order valence-corrected chi connectivity index (χ2v) is 20.4. The number of fused-ring (bicyclic) bond motifs is 12. The minimum atomic E-state index is 0.260. The predicted molar refractivity (Wildman–Crippen MR) is 308 cm³/mol. The van der Waals surface area contributed by atoms with Crippen molar-refractivity contribution >= 4 is 81.0 Å². The van der Waals surface area contributed by atoms with Crippen LogP contribution in [0.1, 0.15) is 5.56 Å². The van der Waals surface area contributed by atoms with Crippen molar-refractivity contribution in [2.24, 2.45) is 11.8 Å². The number of allylic oxidation sites excluding steroid dienone is 8. The summed E-state index contributed by atoms with van der Waals surface area (Å²) in [6, 6.07) is 76.1. The molecule has 0 nitrogen and oxygen atoms in total. The molecule has 4 aliphatic rings. The van der Waals surface area contributed by atoms with Crippen molar-refractivity contribution in [2.45, 2.75) is 0 Å². The van der Waals surface area contributed by atoms with Gasteiger partial charge >= 0.3 is 0 Å². The minimum absolute atomic E-state index is 0.260. The van der Waals surface area contributed by atoms with Crippen LogP contribution < -0.4 is 0 Å². The van der Waals surface area contributed by atoms with Crippen molar-refractivity contribution < 1.29 is 0 Å². The summed E-state index contributed by atoms with van der Waals surface area (Å²) >= 11 is 0. The summed E-state index contributed by atoms with van der Waals surface area (Å²) in [6.07, 6.45) is 16.3. The molecule has 13 aromatic rings. The van der Waals surface area contributed by atoms with Crippen LogP contribution in [0.3, 0.4) is 0 Å². The van der Waals surface area contributed by atoms with Gasteiger partial charge in [-0.2, -0.15) is 0 Å². The SMILES string of the molecule is C1=CC2C=CC=C(c3c4c(c(-c5ccccc5)c5ccccc35)-c3ccc5c6ccc7c8c(ccc(c9ccc-4c3c95)c86)-c3c-7c(-c4cccc5ccccc45)c4ccccc4c3-c3ccccc3)C2C=C1. The number of hydrogen-bond donors (Lipinski definition) is 0. The van der Waals surface area contributed by atoms with Crippen LogP contribution in [0.2, 0.25) is 0 Å². The third kappa shape index (κ3) is 4.91. The van der Waals surface area contributed by atoms with E-state index in [-0.39, 0.29) is 5.92 Å². The van der Waals surface area contributed by atoms with Gasteiger partial charge in [0.2, 0.25) is 0 Å². The quantitative estimate of drug-likeness (QED) is 0.122. The molecule has 13 aromatic carbocycles. The number of hydrogen-bond acceptors (Lipinski definition) is 0. The van der Waals surface area contributed by atoms with E-state index >= 15 is 0 Å². The van der Waals surface area contributed by atoms with Gasteiger partial charge in [0.1, 0.15) is 0 Å². The topological polar surface area (TPSA) is 0 Å². The van der Waals surface area contributed by atoms with Gasteiger partial charge in [-0.05, 0) is 164 Å². The standard InChI is InChI=1S/C72H42/c1-3-19-43(20-4-1)61-49-27-11-13-29-51(49)65(47-31-15-23-41-17-7-9-25-45(41)47)71-59-39-35-55-54-34-38-58-68-60(40-36-56(64(54)68)53-33-37-57(69(61)71)67(59)63(53)55)72-66(48-32-16-24-42-18-8-10-26-46(42)48)52-30-14-12-28-50(52)62(70(58)72)44-21-5-2-6-22-44/h1-41,45H. The summed E-state index contributed by atoms with van der Waals surface area (Å²) < 4.78 is 0. The Bertz CT molecular complexity index is 4680. The Kier molecular flexibility index (Phi) is 7.67. The Hall–Kier alpha value is -9.10. The van der Waals surface area contributed by atoms with E-state index in [4.69, 9.17) is 0 Å². The van der Waals surface area contributed by atoms with Gasteiger partial charge < -0.3 is 0 Å². The molecule has 0 aliphatic heterocycles. The summed E-state index contributed by atoms with van der Waals surface area (Å²) in [5, 5.41) is 18.4. The van der Waals surface area contributed by atoms with E-state index in [2.05, 4.69) is 243 Å². The van der Waals surface area contributed by atoms with Crippen molar-refractivity contribution in [1.29, 1.82) is 0 Å². The lowest BCUT2D eigenvalue weighted by Gasteiger charge is -2.30. The molecule has 2 atom stereocenters. The van der Waals surface area contributed by atoms with Gasteiger partial charge in [0.05, 0.1) is 0 Å². The Morgan fingerprint density at radius 3 is 1.21 bits per heavy atom. The Morgan fingerprint density at radius 2 is 0.653 bits per heavy atom. The van der Waals surface area contributed by atoms with E-state index in [0.717, 1.165) is 0 Å². The maximum atomic E-state index is 2.49. The van der Waals surface area contributed by atoms with E-state index in [0.29, 0.717) is 5.92 Å². The monoisotopic (exact) mass is 906 g/mol. The molecule has 0 bridgehead atoms. The fourth-order valence-electron chi connectivity index (χ4n) is 14.3. The lowest BCUT2D eigenvalue weighted by Crippen LogP contribution is -2.16. The van der Waals surface area contributed by atoms with Crippen LogP contribution in [0, 0.1) is 11.8 Å². The van der Waals surface area contributed by atoms with Crippen molar-refractivity contribution in [3.05, 3.63) is 248 Å². The third-order valence-corrected chi connectivity index (χ3v) is 17.0. The smallest absolute Gasteiger partial charge is 0.0125 e. The van der Waals surface area contributed by atoms with Crippen LogP contribution in [-0.4, -0.2) is 0 Å². The van der Waals surface area contributed by atoms with Crippen LogP contribution in [0.4, 0.5) is 0 Å². The minimum Gasteiger partial charge on any atom is -0.0767 e. The van der Waals surface area contributed by atoms with Gasteiger partial charge in [-0.3, -0.25) is 0 Å². The average Bonchev–Trinajstić information content (AvgIpc) is 3.97. The normalized spacial score (nSPS) is 16.0. The molecule has 0 spiro atoms. The molecule has 0 amide bonds. The highest BCUT2D eigenvalue weighted by Gasteiger charge is 2.37. The van der Waals surface area contributed by atoms with E-state index in [9.17, 15) is 0 Å². The molecular formula is C72H42. The highest BCUT2D eigenvalue weighted by atomic mass is 14.4. The van der Waals surface area contributed by atoms with Gasteiger partial charge in [-0.25, -0.2) is 0 Å². The molecule has 0 saturated carbocycles. The van der Waals surface area contributed by atoms with Gasteiger partial charge in [-0.1, -0.05) is 243 Å². The highest BCUT2D eigenvalue weighted by Crippen LogP contribution is 2.63. The summed E-state index contributed by atoms with van der Waals surface area (Å²) in [4.78, 5) is 0. The van der Waals surface area contributed by atoms with Gasteiger partial charge in [-0.15, -0.1) is 0 Å². The summed E-state index contributed by atoms with van der Waals surface area (Å²) in [5.74, 6) is 0.586. The second-order valence-electron chi connectivity index (χ2n) is 20.4. The lowest BCUT2D eigenvalue weighted by molar-refractivity contribution is 0.678. The lowest BCUT2D eigenvalue weighted by atomic mass is 9.73. The first-order valence-corrected chi connectivity index (χ1v) is 25.5. The van der Waals surface area contributed by atoms with Crippen molar-refractivity contribution in [2.75, 3.05) is 0 Å². The zero-order chi connectivity index (χ0) is 46.8. The van der Waals surface area contributed by atoms with E-state index in [1.807, 2.05) is 0 Å². The zero-order valence-electron chi connectivity index (χ0n) is 39.2. The third-order valence-electron chi connectivity index (χ3n) is 17.0. The van der Waals surface area contributed by atoms with Gasteiger partial charge in [0, 0.05) is 11.8 Å². The van der Waals surface area contributed by atoms with Crippen molar-refractivity contribution in [1.82, 2.24) is 0 Å². The maximum Gasteiger partial charge on any atom is 0.0125 e. The molecule has 0 heteroatoms. The first-order chi connectivity index (χ1) is 35.8. The molecular weight excluding hydrogens is 865 g/mol. The molecule has 2 unspecified atom stereocenters. The van der Waals surface area contributed by atoms with Gasteiger partial charge in [0.15, 0.2) is 0 Å². The molecule has 4 aliphatic carbocycles. The molecule has 0 heterocycles. The molecule has 0 N–H and O–H groups in total. The van der Waals surface area contributed by atoms with Crippen LogP contribution in [-0.2, 0) is 0 Å². The van der Waals surface area contributed by atoms with Gasteiger partial charge in [0.25, 0.3) is 0 Å². The Balaban J connectivity index is 0.997. The molecule has 0 saturated heterocycles. The zero-order valence-corrected chi connectivity index (χ0v) is 39.2. The molecule has 0 radical (unpaired) electrons. The Labute approximate surface area is 416 Å².